The quantitative estimate of drug-likeness (QED) is 0.767. The van der Waals surface area contributed by atoms with Crippen LogP contribution in [0.3, 0.4) is 0 Å². The summed E-state index contributed by atoms with van der Waals surface area (Å²) in [6.07, 6.45) is 0. The van der Waals surface area contributed by atoms with E-state index in [2.05, 4.69) is 10.6 Å². The zero-order chi connectivity index (χ0) is 15.9. The second-order valence-corrected chi connectivity index (χ2v) is 4.93. The number of rotatable bonds is 6. The van der Waals surface area contributed by atoms with Crippen LogP contribution in [-0.2, 0) is 4.79 Å². The van der Waals surface area contributed by atoms with E-state index in [1.54, 1.807) is 13.2 Å². The van der Waals surface area contributed by atoms with Gasteiger partial charge in [-0.2, -0.15) is 0 Å². The van der Waals surface area contributed by atoms with Crippen LogP contribution in [0.4, 0.5) is 11.4 Å². The van der Waals surface area contributed by atoms with Crippen LogP contribution < -0.4 is 15.4 Å². The molecular weight excluding hydrogens is 280 g/mol. The monoisotopic (exact) mass is 300 g/mol. The molecule has 0 aliphatic rings. The molecule has 5 nitrogen and oxygen atoms in total. The molecule has 3 N–H and O–H groups in total. The molecule has 1 atom stereocenters. The molecule has 1 amide bonds. The molecule has 5 heteroatoms. The van der Waals surface area contributed by atoms with Crippen LogP contribution in [0.2, 0.25) is 0 Å². The van der Waals surface area contributed by atoms with Crippen molar-refractivity contribution < 1.29 is 14.6 Å². The Morgan fingerprint density at radius 3 is 2.64 bits per heavy atom. The molecule has 0 aromatic heterocycles. The number of carbonyl (C=O) groups excluding carboxylic acids is 1. The smallest absolute Gasteiger partial charge is 0.250 e. The fraction of sp³-hybridized carbons (Fsp3) is 0.235. The summed E-state index contributed by atoms with van der Waals surface area (Å²) in [6.45, 7) is 1.52. The molecule has 0 aliphatic heterocycles. The van der Waals surface area contributed by atoms with Gasteiger partial charge in [0.25, 0.3) is 0 Å². The Morgan fingerprint density at radius 1 is 1.18 bits per heavy atom. The number of hydrogen-bond acceptors (Lipinski definition) is 4. The summed E-state index contributed by atoms with van der Waals surface area (Å²) in [5.41, 5.74) is 2.62. The Balaban J connectivity index is 2.09. The maximum Gasteiger partial charge on any atom is 0.250 e. The van der Waals surface area contributed by atoms with Crippen molar-refractivity contribution in [1.29, 1.82) is 0 Å². The summed E-state index contributed by atoms with van der Waals surface area (Å²) in [5, 5.41) is 14.8. The van der Waals surface area contributed by atoms with Gasteiger partial charge in [-0.25, -0.2) is 0 Å². The van der Waals surface area contributed by atoms with Gasteiger partial charge in [-0.15, -0.1) is 0 Å². The van der Waals surface area contributed by atoms with Crippen LogP contribution in [0.5, 0.6) is 5.75 Å². The number of benzene rings is 2. The van der Waals surface area contributed by atoms with E-state index in [-0.39, 0.29) is 6.04 Å². The van der Waals surface area contributed by atoms with Crippen molar-refractivity contribution in [3.8, 4) is 5.75 Å². The highest BCUT2D eigenvalue weighted by Gasteiger charge is 2.07. The van der Waals surface area contributed by atoms with Gasteiger partial charge >= 0.3 is 0 Å². The summed E-state index contributed by atoms with van der Waals surface area (Å²) < 4.78 is 5.23. The summed E-state index contributed by atoms with van der Waals surface area (Å²) in [7, 11) is 1.64. The zero-order valence-corrected chi connectivity index (χ0v) is 12.7. The number of nitrogens with one attached hydrogen (secondary N) is 2. The van der Waals surface area contributed by atoms with Crippen LogP contribution in [-0.4, -0.2) is 24.7 Å². The molecule has 0 aliphatic carbocycles. The van der Waals surface area contributed by atoms with Crippen LogP contribution >= 0.6 is 0 Å². The predicted molar refractivity (Wildman–Crippen MR) is 87.2 cm³/mol. The molecule has 0 saturated carbocycles. The van der Waals surface area contributed by atoms with Crippen molar-refractivity contribution >= 4 is 17.3 Å². The van der Waals surface area contributed by atoms with Crippen molar-refractivity contribution in [2.45, 2.75) is 13.0 Å². The summed E-state index contributed by atoms with van der Waals surface area (Å²) in [4.78, 5) is 11.2. The maximum absolute atomic E-state index is 11.2. The zero-order valence-electron chi connectivity index (χ0n) is 12.7. The highest BCUT2D eigenvalue weighted by Crippen LogP contribution is 2.24. The first-order valence-electron chi connectivity index (χ1n) is 7.03. The lowest BCUT2D eigenvalue weighted by Gasteiger charge is -2.17. The third kappa shape index (κ3) is 4.23. The van der Waals surface area contributed by atoms with Crippen molar-refractivity contribution in [2.24, 2.45) is 0 Å². The van der Waals surface area contributed by atoms with E-state index in [0.29, 0.717) is 5.69 Å². The van der Waals surface area contributed by atoms with E-state index in [4.69, 9.17) is 9.84 Å². The van der Waals surface area contributed by atoms with Gasteiger partial charge in [-0.05, 0) is 42.8 Å². The lowest BCUT2D eigenvalue weighted by Crippen LogP contribution is -2.15. The van der Waals surface area contributed by atoms with Gasteiger partial charge in [0.15, 0.2) is 0 Å². The number of ether oxygens (including phenoxy) is 1. The third-order valence-corrected chi connectivity index (χ3v) is 3.27. The van der Waals surface area contributed by atoms with Gasteiger partial charge in [-0.3, -0.25) is 4.79 Å². The number of anilines is 2. The van der Waals surface area contributed by atoms with Crippen LogP contribution in [0.25, 0.3) is 0 Å². The molecule has 2 rings (SSSR count). The molecule has 0 bridgehead atoms. The number of carbonyl (C=O) groups is 1. The lowest BCUT2D eigenvalue weighted by atomic mass is 10.1. The predicted octanol–water partition coefficient (Wildman–Crippen LogP) is 2.80. The molecule has 22 heavy (non-hydrogen) atoms. The Bertz CT molecular complexity index is 643. The molecule has 116 valence electrons. The standard InChI is InChI=1S/C17H20N2O3/c1-12(13-5-3-8-16(9-13)22-2)18-14-6-4-7-15(10-14)19-17(21)11-20/h3-10,12,18,20H,11H2,1-2H3,(H,19,21)/t12-/m1/s1. The number of methoxy groups -OCH3 is 1. The second-order valence-electron chi connectivity index (χ2n) is 4.93. The molecule has 2 aromatic rings. The van der Waals surface area contributed by atoms with Crippen molar-refractivity contribution in [3.05, 3.63) is 54.1 Å². The van der Waals surface area contributed by atoms with E-state index in [0.717, 1.165) is 17.0 Å². The van der Waals surface area contributed by atoms with Gasteiger partial charge in [0.2, 0.25) is 5.91 Å². The Kier molecular flexibility index (Phi) is 5.38. The molecule has 0 unspecified atom stereocenters. The van der Waals surface area contributed by atoms with Crippen LogP contribution in [0.1, 0.15) is 18.5 Å². The minimum absolute atomic E-state index is 0.0823. The van der Waals surface area contributed by atoms with Gasteiger partial charge in [0.05, 0.1) is 7.11 Å². The third-order valence-electron chi connectivity index (χ3n) is 3.27. The van der Waals surface area contributed by atoms with E-state index in [1.165, 1.54) is 0 Å². The van der Waals surface area contributed by atoms with E-state index >= 15 is 0 Å². The molecule has 0 fully saturated rings. The first-order valence-corrected chi connectivity index (χ1v) is 7.03. The Morgan fingerprint density at radius 2 is 1.91 bits per heavy atom. The fourth-order valence-electron chi connectivity index (χ4n) is 2.13. The lowest BCUT2D eigenvalue weighted by molar-refractivity contribution is -0.118. The number of amides is 1. The topological polar surface area (TPSA) is 70.6 Å². The molecule has 0 spiro atoms. The molecule has 0 saturated heterocycles. The Labute approximate surface area is 129 Å². The van der Waals surface area contributed by atoms with Gasteiger partial charge < -0.3 is 20.5 Å². The number of aliphatic hydroxyl groups excluding tert-OH is 1. The minimum atomic E-state index is -0.530. The highest BCUT2D eigenvalue weighted by molar-refractivity contribution is 5.91. The van der Waals surface area contributed by atoms with Gasteiger partial charge in [-0.1, -0.05) is 18.2 Å². The van der Waals surface area contributed by atoms with Gasteiger partial charge in [0, 0.05) is 17.4 Å². The average Bonchev–Trinajstić information content (AvgIpc) is 2.55. The summed E-state index contributed by atoms with van der Waals surface area (Å²) in [5.74, 6) is 0.383. The normalized spacial score (nSPS) is 11.6. The SMILES string of the molecule is COc1cccc([C@@H](C)Nc2cccc(NC(=O)CO)c2)c1. The number of aliphatic hydroxyl groups is 1. The first-order chi connectivity index (χ1) is 10.6. The second kappa shape index (κ2) is 7.47. The first kappa shape index (κ1) is 15.9. The van der Waals surface area contributed by atoms with Crippen LogP contribution in [0, 0.1) is 0 Å². The van der Waals surface area contributed by atoms with Crippen molar-refractivity contribution in [1.82, 2.24) is 0 Å². The minimum Gasteiger partial charge on any atom is -0.497 e. The van der Waals surface area contributed by atoms with E-state index < -0.39 is 12.5 Å². The fourth-order valence-corrected chi connectivity index (χ4v) is 2.13. The van der Waals surface area contributed by atoms with Crippen molar-refractivity contribution in [2.75, 3.05) is 24.4 Å². The van der Waals surface area contributed by atoms with E-state index in [1.807, 2.05) is 49.4 Å². The van der Waals surface area contributed by atoms with Gasteiger partial charge in [0.1, 0.15) is 12.4 Å². The van der Waals surface area contributed by atoms with E-state index in [9.17, 15) is 4.79 Å². The van der Waals surface area contributed by atoms with Crippen LogP contribution in [0.15, 0.2) is 48.5 Å². The largest absolute Gasteiger partial charge is 0.497 e. The number of hydrogen-bond donors (Lipinski definition) is 3. The molecular formula is C17H20N2O3. The molecule has 0 heterocycles. The summed E-state index contributed by atoms with van der Waals surface area (Å²) in [6, 6.07) is 15.3. The Hall–Kier alpha value is -2.53. The highest BCUT2D eigenvalue weighted by atomic mass is 16.5. The average molecular weight is 300 g/mol. The molecule has 2 aromatic carbocycles. The van der Waals surface area contributed by atoms with Crippen molar-refractivity contribution in [3.63, 3.8) is 0 Å². The summed E-state index contributed by atoms with van der Waals surface area (Å²) >= 11 is 0. The maximum atomic E-state index is 11.2. The molecule has 0 radical (unpaired) electrons.